The van der Waals surface area contributed by atoms with Crippen LogP contribution in [0.25, 0.3) is 0 Å². The highest BCUT2D eigenvalue weighted by Gasteiger charge is 2.34. The zero-order chi connectivity index (χ0) is 20.4. The van der Waals surface area contributed by atoms with Crippen molar-refractivity contribution in [3.8, 4) is 0 Å². The van der Waals surface area contributed by atoms with Crippen LogP contribution in [0.3, 0.4) is 0 Å². The minimum absolute atomic E-state index is 0.100. The molecule has 146 valence electrons. The van der Waals surface area contributed by atoms with E-state index in [2.05, 4.69) is 31.7 Å². The van der Waals surface area contributed by atoms with Gasteiger partial charge in [-0.05, 0) is 33.6 Å². The molecule has 0 bridgehead atoms. The molecule has 2 aromatic rings. The van der Waals surface area contributed by atoms with Crippen molar-refractivity contribution in [3.63, 3.8) is 0 Å². The lowest BCUT2D eigenvalue weighted by atomic mass is 10.1. The normalized spacial score (nSPS) is 11.2. The van der Waals surface area contributed by atoms with Gasteiger partial charge in [0.2, 0.25) is 0 Å². The first-order valence-electron chi connectivity index (χ1n) is 7.39. The predicted molar refractivity (Wildman–Crippen MR) is 94.5 cm³/mol. The summed E-state index contributed by atoms with van der Waals surface area (Å²) < 4.78 is 41.9. The Morgan fingerprint density at radius 1 is 1.30 bits per heavy atom. The van der Waals surface area contributed by atoms with Gasteiger partial charge < -0.3 is 15.3 Å². The second kappa shape index (κ2) is 7.86. The van der Waals surface area contributed by atoms with Crippen molar-refractivity contribution >= 4 is 39.6 Å². The Balaban J connectivity index is 2.19. The fourth-order valence-electron chi connectivity index (χ4n) is 2.16. The summed E-state index contributed by atoms with van der Waals surface area (Å²) in [5, 5.41) is 17.5. The number of hydrogen-bond donors (Lipinski definition) is 3. The summed E-state index contributed by atoms with van der Waals surface area (Å²) in [6, 6.07) is 3.87. The van der Waals surface area contributed by atoms with Crippen molar-refractivity contribution < 1.29 is 27.9 Å². The van der Waals surface area contributed by atoms with E-state index < -0.39 is 30.4 Å². The van der Waals surface area contributed by atoms with Crippen LogP contribution in [0.2, 0.25) is 0 Å². The van der Waals surface area contributed by atoms with E-state index in [1.54, 1.807) is 7.05 Å². The minimum atomic E-state index is -4.71. The molecule has 0 saturated heterocycles. The standard InChI is InChI=1S/C15H15BrF3N5O3/c1-23(14(26)27)7-8-3-4-9(5-10(8)15(17,18)19)20-13(25)21-12-6-11(16)24(2)22-12/h3-6H,7H2,1-2H3,(H,26,27)(H2,20,21,22,25). The van der Waals surface area contributed by atoms with E-state index >= 15 is 0 Å². The molecule has 3 amide bonds. The molecule has 0 aliphatic carbocycles. The van der Waals surface area contributed by atoms with E-state index in [0.717, 1.165) is 24.1 Å². The van der Waals surface area contributed by atoms with Gasteiger partial charge in [0, 0.05) is 32.4 Å². The summed E-state index contributed by atoms with van der Waals surface area (Å²) in [5.74, 6) is 0.206. The van der Waals surface area contributed by atoms with Gasteiger partial charge in [0.05, 0.1) is 5.56 Å². The maximum Gasteiger partial charge on any atom is 0.416 e. The van der Waals surface area contributed by atoms with Crippen molar-refractivity contribution in [2.75, 3.05) is 17.7 Å². The fraction of sp³-hybridized carbons (Fsp3) is 0.267. The molecule has 27 heavy (non-hydrogen) atoms. The molecular formula is C15H15BrF3N5O3. The van der Waals surface area contributed by atoms with Gasteiger partial charge in [-0.25, -0.2) is 9.59 Å². The fourth-order valence-corrected chi connectivity index (χ4v) is 2.46. The van der Waals surface area contributed by atoms with Crippen LogP contribution in [0.1, 0.15) is 11.1 Å². The van der Waals surface area contributed by atoms with Crippen molar-refractivity contribution in [1.82, 2.24) is 14.7 Å². The van der Waals surface area contributed by atoms with Crippen LogP contribution >= 0.6 is 15.9 Å². The lowest BCUT2D eigenvalue weighted by Gasteiger charge is -2.18. The predicted octanol–water partition coefficient (Wildman–Crippen LogP) is 3.96. The number of carboxylic acid groups (broad SMARTS) is 1. The molecule has 1 heterocycles. The number of alkyl halides is 3. The number of halogens is 4. The van der Waals surface area contributed by atoms with E-state index in [1.165, 1.54) is 16.8 Å². The number of benzene rings is 1. The van der Waals surface area contributed by atoms with Gasteiger partial charge in [-0.2, -0.15) is 18.3 Å². The SMILES string of the molecule is CN(Cc1ccc(NC(=O)Nc2cc(Br)n(C)n2)cc1C(F)(F)F)C(=O)O. The maximum atomic E-state index is 13.3. The topological polar surface area (TPSA) is 99.5 Å². The maximum absolute atomic E-state index is 13.3. The number of nitrogens with one attached hydrogen (secondary N) is 2. The summed E-state index contributed by atoms with van der Waals surface area (Å²) >= 11 is 3.20. The van der Waals surface area contributed by atoms with E-state index in [1.807, 2.05) is 0 Å². The molecule has 0 saturated carbocycles. The summed E-state index contributed by atoms with van der Waals surface area (Å²) in [7, 11) is 2.79. The zero-order valence-electron chi connectivity index (χ0n) is 14.1. The van der Waals surface area contributed by atoms with Crippen molar-refractivity contribution in [1.29, 1.82) is 0 Å². The van der Waals surface area contributed by atoms with Gasteiger partial charge >= 0.3 is 18.3 Å². The Bertz CT molecular complexity index is 849. The van der Waals surface area contributed by atoms with Crippen LogP contribution in [-0.4, -0.2) is 39.0 Å². The average Bonchev–Trinajstić information content (AvgIpc) is 2.85. The van der Waals surface area contributed by atoms with Gasteiger partial charge in [-0.15, -0.1) is 0 Å². The number of anilines is 2. The number of urea groups is 1. The van der Waals surface area contributed by atoms with Gasteiger partial charge in [0.15, 0.2) is 5.82 Å². The number of amides is 3. The first kappa shape index (κ1) is 20.6. The smallest absolute Gasteiger partial charge is 0.416 e. The number of aromatic nitrogens is 2. The van der Waals surface area contributed by atoms with Gasteiger partial charge in [-0.3, -0.25) is 10.00 Å². The minimum Gasteiger partial charge on any atom is -0.465 e. The molecule has 0 unspecified atom stereocenters. The number of hydrogen-bond acceptors (Lipinski definition) is 3. The van der Waals surface area contributed by atoms with Crippen LogP contribution < -0.4 is 10.6 Å². The van der Waals surface area contributed by atoms with Crippen LogP contribution in [0, 0.1) is 0 Å². The Labute approximate surface area is 160 Å². The molecule has 0 aliphatic heterocycles. The molecule has 0 radical (unpaired) electrons. The van der Waals surface area contributed by atoms with Crippen LogP contribution in [0.15, 0.2) is 28.9 Å². The molecule has 0 atom stereocenters. The van der Waals surface area contributed by atoms with Crippen LogP contribution in [-0.2, 0) is 19.8 Å². The lowest BCUT2D eigenvalue weighted by molar-refractivity contribution is -0.138. The Hall–Kier alpha value is -2.76. The highest BCUT2D eigenvalue weighted by Crippen LogP contribution is 2.34. The van der Waals surface area contributed by atoms with Crippen LogP contribution in [0.4, 0.5) is 34.3 Å². The molecule has 0 fully saturated rings. The number of carbonyl (C=O) groups is 2. The first-order valence-corrected chi connectivity index (χ1v) is 8.18. The van der Waals surface area contributed by atoms with E-state index in [-0.39, 0.29) is 17.1 Å². The van der Waals surface area contributed by atoms with Crippen LogP contribution in [0.5, 0.6) is 0 Å². The number of rotatable bonds is 4. The molecule has 0 aliphatic rings. The molecule has 12 heteroatoms. The van der Waals surface area contributed by atoms with E-state index in [9.17, 15) is 22.8 Å². The highest BCUT2D eigenvalue weighted by molar-refractivity contribution is 9.10. The molecule has 1 aromatic heterocycles. The highest BCUT2D eigenvalue weighted by atomic mass is 79.9. The summed E-state index contributed by atoms with van der Waals surface area (Å²) in [6.45, 7) is -0.446. The van der Waals surface area contributed by atoms with Crippen molar-refractivity contribution in [2.45, 2.75) is 12.7 Å². The summed E-state index contributed by atoms with van der Waals surface area (Å²) in [5.41, 5.74) is -1.36. The number of nitrogens with zero attached hydrogens (tertiary/aromatic N) is 3. The lowest BCUT2D eigenvalue weighted by Crippen LogP contribution is -2.26. The summed E-state index contributed by atoms with van der Waals surface area (Å²) in [6.07, 6.45) is -6.07. The molecule has 8 nitrogen and oxygen atoms in total. The molecule has 1 aromatic carbocycles. The van der Waals surface area contributed by atoms with Gasteiger partial charge in [0.25, 0.3) is 0 Å². The third-order valence-corrected chi connectivity index (χ3v) is 4.21. The zero-order valence-corrected chi connectivity index (χ0v) is 15.7. The number of carbonyl (C=O) groups excluding carboxylic acids is 1. The Kier molecular flexibility index (Phi) is 5.98. The largest absolute Gasteiger partial charge is 0.465 e. The quantitative estimate of drug-likeness (QED) is 0.657. The van der Waals surface area contributed by atoms with Crippen molar-refractivity contribution in [3.05, 3.63) is 40.0 Å². The average molecular weight is 450 g/mol. The molecule has 2 rings (SSSR count). The second-order valence-corrected chi connectivity index (χ2v) is 6.38. The van der Waals surface area contributed by atoms with E-state index in [4.69, 9.17) is 5.11 Å². The van der Waals surface area contributed by atoms with Crippen molar-refractivity contribution in [2.24, 2.45) is 7.05 Å². The first-order chi connectivity index (χ1) is 12.5. The molecule has 3 N–H and O–H groups in total. The molecule has 0 spiro atoms. The Morgan fingerprint density at radius 3 is 2.48 bits per heavy atom. The van der Waals surface area contributed by atoms with E-state index in [0.29, 0.717) is 4.60 Å². The third-order valence-electron chi connectivity index (χ3n) is 3.47. The summed E-state index contributed by atoms with van der Waals surface area (Å²) in [4.78, 5) is 23.5. The van der Waals surface area contributed by atoms with Gasteiger partial charge in [-0.1, -0.05) is 6.07 Å². The Morgan fingerprint density at radius 2 is 1.96 bits per heavy atom. The molecular weight excluding hydrogens is 435 g/mol. The third kappa shape index (κ3) is 5.36. The monoisotopic (exact) mass is 449 g/mol. The number of aryl methyl sites for hydroxylation is 1. The second-order valence-electron chi connectivity index (χ2n) is 5.56. The van der Waals surface area contributed by atoms with Gasteiger partial charge in [0.1, 0.15) is 4.60 Å².